The van der Waals surface area contributed by atoms with Gasteiger partial charge in [0.2, 0.25) is 0 Å². The minimum Gasteiger partial charge on any atom is -0.493 e. The van der Waals surface area contributed by atoms with Crippen molar-refractivity contribution in [3.8, 4) is 11.5 Å². The summed E-state index contributed by atoms with van der Waals surface area (Å²) in [6.45, 7) is 0. The van der Waals surface area contributed by atoms with E-state index >= 15 is 0 Å². The SMILES string of the molecule is COc1cccc(C(N)c2nn[nH]n2)c1OC. The van der Waals surface area contributed by atoms with Crippen molar-refractivity contribution in [3.63, 3.8) is 0 Å². The van der Waals surface area contributed by atoms with Gasteiger partial charge in [0, 0.05) is 5.56 Å². The first-order chi connectivity index (χ1) is 8.27. The normalized spacial score (nSPS) is 12.2. The molecule has 0 amide bonds. The number of tetrazole rings is 1. The number of nitrogens with two attached hydrogens (primary N) is 1. The lowest BCUT2D eigenvalue weighted by Crippen LogP contribution is -2.15. The van der Waals surface area contributed by atoms with Crippen molar-refractivity contribution in [2.75, 3.05) is 14.2 Å². The monoisotopic (exact) mass is 235 g/mol. The zero-order valence-electron chi connectivity index (χ0n) is 9.54. The molecule has 1 aromatic carbocycles. The van der Waals surface area contributed by atoms with Crippen LogP contribution in [-0.4, -0.2) is 34.8 Å². The second-order valence-corrected chi connectivity index (χ2v) is 3.33. The van der Waals surface area contributed by atoms with Crippen LogP contribution in [0.5, 0.6) is 11.5 Å². The molecule has 1 unspecified atom stereocenters. The molecule has 90 valence electrons. The molecule has 0 spiro atoms. The van der Waals surface area contributed by atoms with Gasteiger partial charge in [-0.1, -0.05) is 17.3 Å². The molecule has 0 saturated carbocycles. The maximum Gasteiger partial charge on any atom is 0.195 e. The number of hydrogen-bond acceptors (Lipinski definition) is 6. The van der Waals surface area contributed by atoms with E-state index in [0.29, 0.717) is 17.3 Å². The highest BCUT2D eigenvalue weighted by atomic mass is 16.5. The average molecular weight is 235 g/mol. The molecule has 1 atom stereocenters. The number of ether oxygens (including phenoxy) is 2. The fourth-order valence-corrected chi connectivity index (χ4v) is 1.60. The second kappa shape index (κ2) is 4.79. The number of aromatic amines is 1. The zero-order valence-corrected chi connectivity index (χ0v) is 9.54. The van der Waals surface area contributed by atoms with Crippen molar-refractivity contribution in [1.29, 1.82) is 0 Å². The fourth-order valence-electron chi connectivity index (χ4n) is 1.60. The molecule has 0 aliphatic rings. The summed E-state index contributed by atoms with van der Waals surface area (Å²) in [7, 11) is 3.13. The van der Waals surface area contributed by atoms with Crippen LogP contribution >= 0.6 is 0 Å². The molecular weight excluding hydrogens is 222 g/mol. The highest BCUT2D eigenvalue weighted by Gasteiger charge is 2.20. The highest BCUT2D eigenvalue weighted by Crippen LogP contribution is 2.34. The van der Waals surface area contributed by atoms with E-state index in [1.54, 1.807) is 20.3 Å². The van der Waals surface area contributed by atoms with Crippen LogP contribution in [0, 0.1) is 0 Å². The van der Waals surface area contributed by atoms with Crippen LogP contribution in [0.3, 0.4) is 0 Å². The molecule has 1 aromatic heterocycles. The first-order valence-electron chi connectivity index (χ1n) is 4.97. The summed E-state index contributed by atoms with van der Waals surface area (Å²) in [5, 5.41) is 13.6. The third-order valence-electron chi connectivity index (χ3n) is 2.41. The van der Waals surface area contributed by atoms with Gasteiger partial charge in [-0.3, -0.25) is 0 Å². The van der Waals surface area contributed by atoms with E-state index in [1.807, 2.05) is 12.1 Å². The fraction of sp³-hybridized carbons (Fsp3) is 0.300. The number of benzene rings is 1. The van der Waals surface area contributed by atoms with Gasteiger partial charge in [0.25, 0.3) is 0 Å². The lowest BCUT2D eigenvalue weighted by molar-refractivity contribution is 0.350. The van der Waals surface area contributed by atoms with Crippen molar-refractivity contribution in [3.05, 3.63) is 29.6 Å². The highest BCUT2D eigenvalue weighted by molar-refractivity contribution is 5.49. The van der Waals surface area contributed by atoms with Crippen LogP contribution in [0.25, 0.3) is 0 Å². The molecule has 7 heteroatoms. The Morgan fingerprint density at radius 1 is 1.29 bits per heavy atom. The molecule has 2 aromatic rings. The Hall–Kier alpha value is -2.15. The Morgan fingerprint density at radius 2 is 2.12 bits per heavy atom. The van der Waals surface area contributed by atoms with Crippen LogP contribution in [-0.2, 0) is 0 Å². The van der Waals surface area contributed by atoms with Crippen LogP contribution < -0.4 is 15.2 Å². The van der Waals surface area contributed by atoms with E-state index in [9.17, 15) is 0 Å². The van der Waals surface area contributed by atoms with Gasteiger partial charge in [0.15, 0.2) is 17.3 Å². The molecule has 0 bridgehead atoms. The second-order valence-electron chi connectivity index (χ2n) is 3.33. The molecule has 0 aliphatic heterocycles. The lowest BCUT2D eigenvalue weighted by atomic mass is 10.1. The number of hydrogen-bond donors (Lipinski definition) is 2. The summed E-state index contributed by atoms with van der Waals surface area (Å²) in [6, 6.07) is 4.95. The topological polar surface area (TPSA) is 98.9 Å². The third-order valence-corrected chi connectivity index (χ3v) is 2.41. The molecule has 0 saturated heterocycles. The van der Waals surface area contributed by atoms with E-state index in [0.717, 1.165) is 5.56 Å². The molecule has 0 aliphatic carbocycles. The summed E-state index contributed by atoms with van der Waals surface area (Å²) in [5.41, 5.74) is 6.78. The standard InChI is InChI=1S/C10H13N5O2/c1-16-7-5-3-4-6(9(7)17-2)8(11)10-12-14-15-13-10/h3-5,8H,11H2,1-2H3,(H,12,13,14,15). The van der Waals surface area contributed by atoms with Crippen LogP contribution in [0.15, 0.2) is 18.2 Å². The van der Waals surface area contributed by atoms with Crippen molar-refractivity contribution in [1.82, 2.24) is 20.6 Å². The predicted molar refractivity (Wildman–Crippen MR) is 59.8 cm³/mol. The molecule has 0 fully saturated rings. The zero-order chi connectivity index (χ0) is 12.3. The summed E-state index contributed by atoms with van der Waals surface area (Å²) >= 11 is 0. The van der Waals surface area contributed by atoms with Gasteiger partial charge in [0.05, 0.1) is 20.3 Å². The quantitative estimate of drug-likeness (QED) is 0.788. The average Bonchev–Trinajstić information content (AvgIpc) is 2.90. The number of methoxy groups -OCH3 is 2. The lowest BCUT2D eigenvalue weighted by Gasteiger charge is -2.15. The van der Waals surface area contributed by atoms with Gasteiger partial charge in [-0.25, -0.2) is 0 Å². The first-order valence-corrected chi connectivity index (χ1v) is 4.97. The maximum atomic E-state index is 6.04. The number of H-pyrrole nitrogens is 1. The summed E-state index contributed by atoms with van der Waals surface area (Å²) in [6.07, 6.45) is 0. The Bertz CT molecular complexity index is 485. The third kappa shape index (κ3) is 2.04. The van der Waals surface area contributed by atoms with Gasteiger partial charge >= 0.3 is 0 Å². The number of para-hydroxylation sites is 1. The Kier molecular flexibility index (Phi) is 3.20. The van der Waals surface area contributed by atoms with Gasteiger partial charge in [-0.2, -0.15) is 5.21 Å². The van der Waals surface area contributed by atoms with Crippen LogP contribution in [0.4, 0.5) is 0 Å². The summed E-state index contributed by atoms with van der Waals surface area (Å²) < 4.78 is 10.5. The van der Waals surface area contributed by atoms with E-state index < -0.39 is 6.04 Å². The van der Waals surface area contributed by atoms with Crippen molar-refractivity contribution in [2.45, 2.75) is 6.04 Å². The number of rotatable bonds is 4. The molecule has 3 N–H and O–H groups in total. The van der Waals surface area contributed by atoms with Gasteiger partial charge < -0.3 is 15.2 Å². The maximum absolute atomic E-state index is 6.04. The summed E-state index contributed by atoms with van der Waals surface area (Å²) in [4.78, 5) is 0. The van der Waals surface area contributed by atoms with E-state index in [4.69, 9.17) is 15.2 Å². The van der Waals surface area contributed by atoms with Crippen molar-refractivity contribution < 1.29 is 9.47 Å². The van der Waals surface area contributed by atoms with Gasteiger partial charge in [-0.05, 0) is 6.07 Å². The van der Waals surface area contributed by atoms with Gasteiger partial charge in [-0.15, -0.1) is 10.2 Å². The Morgan fingerprint density at radius 3 is 2.71 bits per heavy atom. The molecule has 17 heavy (non-hydrogen) atoms. The summed E-state index contributed by atoms with van der Waals surface area (Å²) in [5.74, 6) is 1.59. The van der Waals surface area contributed by atoms with Crippen molar-refractivity contribution >= 4 is 0 Å². The smallest absolute Gasteiger partial charge is 0.195 e. The first kappa shape index (κ1) is 11.3. The molecule has 1 heterocycles. The minimum absolute atomic E-state index is 0.400. The van der Waals surface area contributed by atoms with E-state index in [2.05, 4.69) is 20.6 Å². The van der Waals surface area contributed by atoms with Crippen LogP contribution in [0.2, 0.25) is 0 Å². The van der Waals surface area contributed by atoms with E-state index in [-0.39, 0.29) is 0 Å². The number of aromatic nitrogens is 4. The minimum atomic E-state index is -0.515. The Labute approximate surface area is 97.9 Å². The molecular formula is C10H13N5O2. The molecule has 2 rings (SSSR count). The number of nitrogens with one attached hydrogen (secondary N) is 1. The number of nitrogens with zero attached hydrogens (tertiary/aromatic N) is 3. The predicted octanol–water partition coefficient (Wildman–Crippen LogP) is 0.265. The Balaban J connectivity index is 2.44. The molecule has 7 nitrogen and oxygen atoms in total. The van der Waals surface area contributed by atoms with E-state index in [1.165, 1.54) is 0 Å². The van der Waals surface area contributed by atoms with Crippen LogP contribution in [0.1, 0.15) is 17.4 Å². The largest absolute Gasteiger partial charge is 0.493 e. The molecule has 0 radical (unpaired) electrons. The van der Waals surface area contributed by atoms with Gasteiger partial charge in [0.1, 0.15) is 0 Å². The van der Waals surface area contributed by atoms with Crippen molar-refractivity contribution in [2.24, 2.45) is 5.73 Å².